The molecular weight excluding hydrogens is 586 g/mol. The van der Waals surface area contributed by atoms with Crippen LogP contribution in [0.1, 0.15) is 50.8 Å². The average molecular weight is 639 g/mol. The van der Waals surface area contributed by atoms with E-state index in [9.17, 15) is 9.59 Å². The average Bonchev–Trinajstić information content (AvgIpc) is 3.35. The second-order valence-corrected chi connectivity index (χ2v) is 12.6. The Labute approximate surface area is 273 Å². The van der Waals surface area contributed by atoms with Crippen LogP contribution in [-0.2, 0) is 33.8 Å². The summed E-state index contributed by atoms with van der Waals surface area (Å²) in [6.45, 7) is 16.7. The summed E-state index contributed by atoms with van der Waals surface area (Å²) in [7, 11) is 5.40. The van der Waals surface area contributed by atoms with Crippen LogP contribution >= 0.6 is 0 Å². The number of alkyl carbamates (subject to hydrolysis) is 1. The highest BCUT2D eigenvalue weighted by atomic mass is 16.6. The van der Waals surface area contributed by atoms with Crippen LogP contribution < -0.4 is 14.8 Å². The van der Waals surface area contributed by atoms with Crippen molar-refractivity contribution >= 4 is 28.9 Å². The Kier molecular flexibility index (Phi) is 12.0. The highest BCUT2D eigenvalue weighted by molar-refractivity contribution is 6.06. The van der Waals surface area contributed by atoms with E-state index in [0.29, 0.717) is 45.0 Å². The molecule has 0 saturated carbocycles. The monoisotopic (exact) mass is 638 g/mol. The van der Waals surface area contributed by atoms with Crippen LogP contribution in [0.5, 0.6) is 0 Å². The number of nitrogens with one attached hydrogen (secondary N) is 1. The molecule has 2 aromatic heterocycles. The molecule has 0 atom stereocenters. The number of aromatic nitrogens is 3. The molecule has 3 aromatic rings. The Morgan fingerprint density at radius 2 is 1.67 bits per heavy atom. The number of amides is 2. The van der Waals surface area contributed by atoms with Crippen LogP contribution in [0.15, 0.2) is 30.5 Å². The van der Waals surface area contributed by atoms with E-state index in [2.05, 4.69) is 56.4 Å². The number of pyridine rings is 1. The number of fused-ring (bicyclic) bond motifs is 1. The fraction of sp³-hybridized carbons (Fsp3) is 0.588. The van der Waals surface area contributed by atoms with Gasteiger partial charge in [-0.25, -0.2) is 18.9 Å². The second kappa shape index (κ2) is 15.7. The molecule has 12 nitrogen and oxygen atoms in total. The lowest BCUT2D eigenvalue weighted by Gasteiger charge is -2.33. The van der Waals surface area contributed by atoms with Gasteiger partial charge in [0.05, 0.1) is 31.9 Å². The lowest BCUT2D eigenvalue weighted by Crippen LogP contribution is -2.44. The zero-order valence-electron chi connectivity index (χ0n) is 28.9. The van der Waals surface area contributed by atoms with E-state index < -0.39 is 11.7 Å². The van der Waals surface area contributed by atoms with Gasteiger partial charge in [0.2, 0.25) is 0 Å². The molecule has 1 aliphatic heterocycles. The summed E-state index contributed by atoms with van der Waals surface area (Å²) in [5, 5.41) is 2.93. The van der Waals surface area contributed by atoms with Crippen molar-refractivity contribution in [3.63, 3.8) is 0 Å². The first-order valence-corrected chi connectivity index (χ1v) is 16.2. The molecule has 3 heterocycles. The molecule has 2 amide bonds. The zero-order valence-corrected chi connectivity index (χ0v) is 28.9. The van der Waals surface area contributed by atoms with Gasteiger partial charge in [0.1, 0.15) is 18.0 Å². The van der Waals surface area contributed by atoms with Crippen molar-refractivity contribution in [2.45, 2.75) is 59.9 Å². The molecular formula is C34H52N7O5+. The van der Waals surface area contributed by atoms with Gasteiger partial charge in [0.15, 0.2) is 11.0 Å². The van der Waals surface area contributed by atoms with Crippen molar-refractivity contribution in [2.24, 2.45) is 0 Å². The third-order valence-corrected chi connectivity index (χ3v) is 8.25. The quantitative estimate of drug-likeness (QED) is 0.284. The van der Waals surface area contributed by atoms with E-state index in [1.807, 2.05) is 40.0 Å². The first-order chi connectivity index (χ1) is 22.0. The molecule has 0 unspecified atom stereocenters. The maximum absolute atomic E-state index is 14.4. The Morgan fingerprint density at radius 3 is 2.22 bits per heavy atom. The Hall–Kier alpha value is -3.74. The summed E-state index contributed by atoms with van der Waals surface area (Å²) in [4.78, 5) is 38.3. The van der Waals surface area contributed by atoms with Crippen molar-refractivity contribution in [1.82, 2.24) is 24.7 Å². The SMILES string of the molecule is CCn1c(CNC(=O)OC(C)(C)C)[n+](CC)c2cc(-c3ccc(N4CCN(C)CC4)nc3)cc(C(=O)N(CCOC)CCOC)c21. The summed E-state index contributed by atoms with van der Waals surface area (Å²) in [6, 6.07) is 8.25. The van der Waals surface area contributed by atoms with Crippen LogP contribution in [0.3, 0.4) is 0 Å². The highest BCUT2D eigenvalue weighted by Gasteiger charge is 2.31. The molecule has 1 N–H and O–H groups in total. The summed E-state index contributed by atoms with van der Waals surface area (Å²) < 4.78 is 20.5. The van der Waals surface area contributed by atoms with Gasteiger partial charge in [-0.05, 0) is 71.5 Å². The predicted molar refractivity (Wildman–Crippen MR) is 179 cm³/mol. The van der Waals surface area contributed by atoms with Gasteiger partial charge in [0, 0.05) is 65.2 Å². The van der Waals surface area contributed by atoms with Gasteiger partial charge >= 0.3 is 6.09 Å². The smallest absolute Gasteiger partial charge is 0.408 e. The van der Waals surface area contributed by atoms with E-state index in [4.69, 9.17) is 19.2 Å². The Morgan fingerprint density at radius 1 is 1.00 bits per heavy atom. The van der Waals surface area contributed by atoms with Crippen molar-refractivity contribution in [3.05, 3.63) is 41.9 Å². The van der Waals surface area contributed by atoms with Crippen molar-refractivity contribution in [3.8, 4) is 11.1 Å². The van der Waals surface area contributed by atoms with Gasteiger partial charge in [-0.3, -0.25) is 4.79 Å². The highest BCUT2D eigenvalue weighted by Crippen LogP contribution is 2.30. The lowest BCUT2D eigenvalue weighted by atomic mass is 10.0. The predicted octanol–water partition coefficient (Wildman–Crippen LogP) is 3.54. The fourth-order valence-corrected chi connectivity index (χ4v) is 5.87. The number of piperazine rings is 1. The number of methoxy groups -OCH3 is 2. The van der Waals surface area contributed by atoms with Crippen LogP contribution in [0, 0.1) is 0 Å². The van der Waals surface area contributed by atoms with Crippen LogP contribution in [0.25, 0.3) is 22.2 Å². The number of hydrogen-bond acceptors (Lipinski definition) is 8. The summed E-state index contributed by atoms with van der Waals surface area (Å²) >= 11 is 0. The van der Waals surface area contributed by atoms with Gasteiger partial charge in [0.25, 0.3) is 11.7 Å². The minimum atomic E-state index is -0.613. The Balaban J connectivity index is 1.83. The minimum Gasteiger partial charge on any atom is -0.444 e. The summed E-state index contributed by atoms with van der Waals surface area (Å²) in [6.07, 6.45) is 1.41. The third kappa shape index (κ3) is 8.34. The number of ether oxygens (including phenoxy) is 3. The second-order valence-electron chi connectivity index (χ2n) is 12.6. The van der Waals surface area contributed by atoms with Gasteiger partial charge < -0.3 is 34.2 Å². The van der Waals surface area contributed by atoms with Crippen LogP contribution in [0.4, 0.5) is 10.6 Å². The number of nitrogens with zero attached hydrogens (tertiary/aromatic N) is 6. The van der Waals surface area contributed by atoms with Crippen LogP contribution in [-0.4, -0.2) is 111 Å². The number of carbonyl (C=O) groups excluding carboxylic acids is 2. The maximum Gasteiger partial charge on any atom is 0.408 e. The molecule has 46 heavy (non-hydrogen) atoms. The van der Waals surface area contributed by atoms with Crippen molar-refractivity contribution < 1.29 is 28.4 Å². The summed E-state index contributed by atoms with van der Waals surface area (Å²) in [5.74, 6) is 1.72. The van der Waals surface area contributed by atoms with Gasteiger partial charge in [-0.2, -0.15) is 0 Å². The first kappa shape index (κ1) is 35.1. The van der Waals surface area contributed by atoms with Crippen molar-refractivity contribution in [1.29, 1.82) is 0 Å². The molecule has 12 heteroatoms. The van der Waals surface area contributed by atoms with E-state index in [1.54, 1.807) is 19.1 Å². The molecule has 252 valence electrons. The minimum absolute atomic E-state index is 0.106. The molecule has 0 bridgehead atoms. The molecule has 0 aliphatic carbocycles. The normalized spacial score (nSPS) is 14.1. The number of rotatable bonds is 13. The molecule has 1 saturated heterocycles. The van der Waals surface area contributed by atoms with E-state index >= 15 is 0 Å². The van der Waals surface area contributed by atoms with Gasteiger partial charge in [-0.1, -0.05) is 0 Å². The number of carbonyl (C=O) groups is 2. The fourth-order valence-electron chi connectivity index (χ4n) is 5.87. The third-order valence-electron chi connectivity index (χ3n) is 8.25. The molecule has 4 rings (SSSR count). The number of imidazole rings is 1. The van der Waals surface area contributed by atoms with Gasteiger partial charge in [-0.15, -0.1) is 0 Å². The molecule has 1 aromatic carbocycles. The number of hydrogen-bond donors (Lipinski definition) is 1. The molecule has 0 radical (unpaired) electrons. The largest absolute Gasteiger partial charge is 0.444 e. The van der Waals surface area contributed by atoms with E-state index in [0.717, 1.165) is 60.0 Å². The maximum atomic E-state index is 14.4. The summed E-state index contributed by atoms with van der Waals surface area (Å²) in [5.41, 5.74) is 3.52. The molecule has 1 aliphatic rings. The van der Waals surface area contributed by atoms with Crippen LogP contribution in [0.2, 0.25) is 0 Å². The Bertz CT molecular complexity index is 1470. The number of benzene rings is 1. The number of aryl methyl sites for hydroxylation is 2. The zero-order chi connectivity index (χ0) is 33.4. The molecule has 0 spiro atoms. The van der Waals surface area contributed by atoms with Crippen molar-refractivity contribution in [2.75, 3.05) is 78.6 Å². The topological polar surface area (TPSA) is 105 Å². The standard InChI is InChI=1S/C34H51N7O5/c1-9-40-28-22-26(25-11-12-29(35-23-25)38-15-13-37(6)14-16-38)21-27(32(42)39(17-19-44-7)18-20-45-8)31(28)41(10-2)30(40)24-36-33(43)46-34(3,4)5/h11-12,21-23H,9-10,13-20,24H2,1-8H3/p+1. The number of likely N-dealkylation sites (N-methyl/N-ethyl adjacent to an activating group) is 1. The molecule has 1 fully saturated rings. The van der Waals surface area contributed by atoms with E-state index in [1.165, 1.54) is 0 Å². The number of anilines is 1. The first-order valence-electron chi connectivity index (χ1n) is 16.2. The lowest BCUT2D eigenvalue weighted by molar-refractivity contribution is -0.676. The van der Waals surface area contributed by atoms with E-state index in [-0.39, 0.29) is 12.5 Å².